The maximum absolute atomic E-state index is 12.3. The van der Waals surface area contributed by atoms with Crippen molar-refractivity contribution in [3.8, 4) is 5.75 Å². The van der Waals surface area contributed by atoms with Crippen LogP contribution in [0.2, 0.25) is 0 Å². The number of ether oxygens (including phenoxy) is 1. The van der Waals surface area contributed by atoms with Gasteiger partial charge in [-0.25, -0.2) is 0 Å². The van der Waals surface area contributed by atoms with E-state index in [4.69, 9.17) is 4.74 Å². The Hall–Kier alpha value is -2.29. The minimum Gasteiger partial charge on any atom is -0.481 e. The van der Waals surface area contributed by atoms with Crippen LogP contribution in [0.3, 0.4) is 0 Å². The van der Waals surface area contributed by atoms with E-state index in [1.807, 2.05) is 38.1 Å². The Morgan fingerprint density at radius 1 is 1.13 bits per heavy atom. The van der Waals surface area contributed by atoms with Crippen molar-refractivity contribution in [3.63, 3.8) is 0 Å². The van der Waals surface area contributed by atoms with Gasteiger partial charge in [-0.2, -0.15) is 0 Å². The summed E-state index contributed by atoms with van der Waals surface area (Å²) in [5.41, 5.74) is 3.50. The first-order valence-electron chi connectivity index (χ1n) is 8.12. The monoisotopic (exact) mass is 311 g/mol. The fourth-order valence-electron chi connectivity index (χ4n) is 2.40. The molecule has 122 valence electrons. The van der Waals surface area contributed by atoms with Crippen molar-refractivity contribution in [1.29, 1.82) is 0 Å². The third-order valence-electron chi connectivity index (χ3n) is 3.92. The lowest BCUT2D eigenvalue weighted by atomic mass is 10.0. The lowest BCUT2D eigenvalue weighted by molar-refractivity contribution is -0.127. The van der Waals surface area contributed by atoms with Gasteiger partial charge in [0.05, 0.1) is 6.04 Å². The molecule has 0 spiro atoms. The van der Waals surface area contributed by atoms with E-state index in [1.54, 1.807) is 6.92 Å². The highest BCUT2D eigenvalue weighted by atomic mass is 16.5. The average molecular weight is 311 g/mol. The van der Waals surface area contributed by atoms with Gasteiger partial charge in [0.1, 0.15) is 5.75 Å². The van der Waals surface area contributed by atoms with Gasteiger partial charge in [0.15, 0.2) is 6.10 Å². The molecule has 2 aromatic carbocycles. The minimum absolute atomic E-state index is 0.0445. The zero-order valence-electron chi connectivity index (χ0n) is 14.3. The molecule has 0 aromatic heterocycles. The van der Waals surface area contributed by atoms with Gasteiger partial charge in [0.25, 0.3) is 5.91 Å². The standard InChI is InChI=1S/C20H25NO2/c1-5-17-9-11-18(12-10-17)15(3)21-20(22)16(4)23-19-8-6-7-14(2)13-19/h6-13,15-16H,5H2,1-4H3,(H,21,22)/t15-,16+/m0/s1. The summed E-state index contributed by atoms with van der Waals surface area (Å²) in [6, 6.07) is 16.0. The van der Waals surface area contributed by atoms with E-state index in [-0.39, 0.29) is 11.9 Å². The first kappa shape index (κ1) is 17.1. The third-order valence-corrected chi connectivity index (χ3v) is 3.92. The minimum atomic E-state index is -0.533. The number of hydrogen-bond donors (Lipinski definition) is 1. The van der Waals surface area contributed by atoms with E-state index in [0.717, 1.165) is 17.5 Å². The van der Waals surface area contributed by atoms with Crippen LogP contribution >= 0.6 is 0 Å². The highest BCUT2D eigenvalue weighted by Gasteiger charge is 2.17. The van der Waals surface area contributed by atoms with Crippen molar-refractivity contribution in [1.82, 2.24) is 5.32 Å². The summed E-state index contributed by atoms with van der Waals surface area (Å²) >= 11 is 0. The largest absolute Gasteiger partial charge is 0.481 e. The average Bonchev–Trinajstić information content (AvgIpc) is 2.54. The maximum atomic E-state index is 12.3. The van der Waals surface area contributed by atoms with Crippen LogP contribution in [-0.4, -0.2) is 12.0 Å². The molecule has 2 aromatic rings. The lowest BCUT2D eigenvalue weighted by Crippen LogP contribution is -2.37. The number of carbonyl (C=O) groups is 1. The summed E-state index contributed by atoms with van der Waals surface area (Å²) < 4.78 is 5.72. The van der Waals surface area contributed by atoms with Crippen LogP contribution in [0.4, 0.5) is 0 Å². The number of rotatable bonds is 6. The first-order chi connectivity index (χ1) is 11.0. The van der Waals surface area contributed by atoms with Crippen LogP contribution < -0.4 is 10.1 Å². The normalized spacial score (nSPS) is 13.2. The Bertz CT molecular complexity index is 649. The Morgan fingerprint density at radius 2 is 1.83 bits per heavy atom. The molecule has 0 bridgehead atoms. The van der Waals surface area contributed by atoms with Gasteiger partial charge >= 0.3 is 0 Å². The topological polar surface area (TPSA) is 38.3 Å². The van der Waals surface area contributed by atoms with Gasteiger partial charge in [0, 0.05) is 0 Å². The smallest absolute Gasteiger partial charge is 0.261 e. The van der Waals surface area contributed by atoms with Crippen LogP contribution in [-0.2, 0) is 11.2 Å². The van der Waals surface area contributed by atoms with Crippen LogP contribution in [0.15, 0.2) is 48.5 Å². The Kier molecular flexibility index (Phi) is 5.80. The molecule has 0 aliphatic carbocycles. The quantitative estimate of drug-likeness (QED) is 0.868. The summed E-state index contributed by atoms with van der Waals surface area (Å²) in [6.45, 7) is 7.88. The van der Waals surface area contributed by atoms with E-state index in [2.05, 4.69) is 36.5 Å². The highest BCUT2D eigenvalue weighted by Crippen LogP contribution is 2.16. The fourth-order valence-corrected chi connectivity index (χ4v) is 2.40. The van der Waals surface area contributed by atoms with Crippen LogP contribution in [0, 0.1) is 6.92 Å². The molecular weight excluding hydrogens is 286 g/mol. The number of carbonyl (C=O) groups excluding carboxylic acids is 1. The van der Waals surface area contributed by atoms with E-state index >= 15 is 0 Å². The Balaban J connectivity index is 1.94. The molecule has 0 heterocycles. The van der Waals surface area contributed by atoms with Crippen molar-refractivity contribution in [2.24, 2.45) is 0 Å². The van der Waals surface area contributed by atoms with Crippen molar-refractivity contribution < 1.29 is 9.53 Å². The molecule has 1 amide bonds. The fraction of sp³-hybridized carbons (Fsp3) is 0.350. The maximum Gasteiger partial charge on any atom is 0.261 e. The van der Waals surface area contributed by atoms with Gasteiger partial charge < -0.3 is 10.1 Å². The van der Waals surface area contributed by atoms with Crippen LogP contribution in [0.25, 0.3) is 0 Å². The second kappa shape index (κ2) is 7.82. The second-order valence-electron chi connectivity index (χ2n) is 5.90. The van der Waals surface area contributed by atoms with Crippen molar-refractivity contribution in [3.05, 3.63) is 65.2 Å². The van der Waals surface area contributed by atoms with Crippen molar-refractivity contribution in [2.45, 2.75) is 46.3 Å². The predicted molar refractivity (Wildman–Crippen MR) is 93.6 cm³/mol. The molecular formula is C20H25NO2. The summed E-state index contributed by atoms with van der Waals surface area (Å²) in [7, 11) is 0. The first-order valence-corrected chi connectivity index (χ1v) is 8.12. The van der Waals surface area contributed by atoms with Gasteiger partial charge in [-0.05, 0) is 56.0 Å². The molecule has 3 heteroatoms. The molecule has 2 rings (SSSR count). The van der Waals surface area contributed by atoms with E-state index < -0.39 is 6.10 Å². The van der Waals surface area contributed by atoms with Crippen molar-refractivity contribution in [2.75, 3.05) is 0 Å². The molecule has 0 fully saturated rings. The van der Waals surface area contributed by atoms with E-state index in [1.165, 1.54) is 5.56 Å². The van der Waals surface area contributed by atoms with Gasteiger partial charge in [0.2, 0.25) is 0 Å². The second-order valence-corrected chi connectivity index (χ2v) is 5.90. The number of nitrogens with one attached hydrogen (secondary N) is 1. The molecule has 0 aliphatic rings. The predicted octanol–water partition coefficient (Wildman–Crippen LogP) is 4.20. The zero-order valence-corrected chi connectivity index (χ0v) is 14.3. The molecule has 3 nitrogen and oxygen atoms in total. The third kappa shape index (κ3) is 4.85. The van der Waals surface area contributed by atoms with E-state index in [9.17, 15) is 4.79 Å². The Morgan fingerprint density at radius 3 is 2.43 bits per heavy atom. The van der Waals surface area contributed by atoms with Gasteiger partial charge in [-0.3, -0.25) is 4.79 Å². The zero-order chi connectivity index (χ0) is 16.8. The molecule has 0 saturated carbocycles. The van der Waals surface area contributed by atoms with Crippen LogP contribution in [0.1, 0.15) is 43.5 Å². The molecule has 2 atom stereocenters. The van der Waals surface area contributed by atoms with E-state index in [0.29, 0.717) is 5.75 Å². The highest BCUT2D eigenvalue weighted by molar-refractivity contribution is 5.81. The number of benzene rings is 2. The summed E-state index contributed by atoms with van der Waals surface area (Å²) in [5, 5.41) is 3.00. The summed E-state index contributed by atoms with van der Waals surface area (Å²) in [5.74, 6) is 0.603. The SMILES string of the molecule is CCc1ccc([C@H](C)NC(=O)[C@@H](C)Oc2cccc(C)c2)cc1. The molecule has 0 aliphatic heterocycles. The van der Waals surface area contributed by atoms with Gasteiger partial charge in [-0.1, -0.05) is 43.3 Å². The number of aryl methyl sites for hydroxylation is 2. The molecule has 0 unspecified atom stereocenters. The lowest BCUT2D eigenvalue weighted by Gasteiger charge is -2.19. The Labute approximate surface area is 138 Å². The summed E-state index contributed by atoms with van der Waals surface area (Å²) in [6.07, 6.45) is 0.483. The number of hydrogen-bond acceptors (Lipinski definition) is 2. The molecule has 0 radical (unpaired) electrons. The number of amides is 1. The molecule has 0 saturated heterocycles. The molecule has 23 heavy (non-hydrogen) atoms. The van der Waals surface area contributed by atoms with Gasteiger partial charge in [-0.15, -0.1) is 0 Å². The van der Waals surface area contributed by atoms with Crippen LogP contribution in [0.5, 0.6) is 5.75 Å². The van der Waals surface area contributed by atoms with Crippen molar-refractivity contribution >= 4 is 5.91 Å². The molecule has 1 N–H and O–H groups in total. The summed E-state index contributed by atoms with van der Waals surface area (Å²) in [4.78, 5) is 12.3.